The van der Waals surface area contributed by atoms with E-state index in [1.165, 1.54) is 19.3 Å². The number of esters is 1. The molecule has 0 heterocycles. The van der Waals surface area contributed by atoms with Crippen LogP contribution in [0.15, 0.2) is 0 Å². The van der Waals surface area contributed by atoms with Crippen molar-refractivity contribution in [3.05, 3.63) is 0 Å². The number of rotatable bonds is 11. The van der Waals surface area contributed by atoms with Crippen LogP contribution in [0, 0.1) is 0 Å². The first-order chi connectivity index (χ1) is 9.83. The fourth-order valence-corrected chi connectivity index (χ4v) is 2.21. The number of carbonyl (C=O) groups excluding carboxylic acids is 1. The molecule has 1 aliphatic rings. The average molecular weight is 288 g/mol. The zero-order chi connectivity index (χ0) is 14.5. The van der Waals surface area contributed by atoms with Crippen LogP contribution < -0.4 is 0 Å². The summed E-state index contributed by atoms with van der Waals surface area (Å²) >= 11 is 0. The normalized spacial score (nSPS) is 16.2. The van der Waals surface area contributed by atoms with Crippen molar-refractivity contribution in [1.82, 2.24) is 0 Å². The minimum absolute atomic E-state index is 0.0863. The van der Waals surface area contributed by atoms with Crippen molar-refractivity contribution in [2.24, 2.45) is 0 Å². The van der Waals surface area contributed by atoms with Gasteiger partial charge in [-0.05, 0) is 32.1 Å². The lowest BCUT2D eigenvalue weighted by Gasteiger charge is -2.21. The van der Waals surface area contributed by atoms with Crippen LogP contribution >= 0.6 is 0 Å². The molecule has 0 spiro atoms. The highest BCUT2D eigenvalue weighted by Gasteiger charge is 2.17. The predicted octanol–water partition coefficient (Wildman–Crippen LogP) is 2.32. The van der Waals surface area contributed by atoms with Crippen LogP contribution in [0.1, 0.15) is 44.9 Å². The van der Waals surface area contributed by atoms with Crippen LogP contribution in [-0.2, 0) is 23.7 Å². The third-order valence-electron chi connectivity index (χ3n) is 3.32. The molecule has 5 heteroatoms. The summed E-state index contributed by atoms with van der Waals surface area (Å²) in [7, 11) is 1.65. The molecule has 5 nitrogen and oxygen atoms in total. The highest BCUT2D eigenvalue weighted by molar-refractivity contribution is 5.69. The smallest absolute Gasteiger partial charge is 0.306 e. The quantitative estimate of drug-likeness (QED) is 0.431. The van der Waals surface area contributed by atoms with Crippen LogP contribution in [-0.4, -0.2) is 52.2 Å². The largest absolute Gasteiger partial charge is 0.462 e. The lowest BCUT2D eigenvalue weighted by molar-refractivity contribution is -0.150. The fraction of sp³-hybridized carbons (Fsp3) is 0.933. The van der Waals surface area contributed by atoms with E-state index >= 15 is 0 Å². The summed E-state index contributed by atoms with van der Waals surface area (Å²) in [5.41, 5.74) is 0. The van der Waals surface area contributed by atoms with Crippen molar-refractivity contribution < 1.29 is 23.7 Å². The molecular weight excluding hydrogens is 260 g/mol. The molecule has 0 radical (unpaired) electrons. The van der Waals surface area contributed by atoms with E-state index in [1.54, 1.807) is 7.11 Å². The molecule has 0 aromatic heterocycles. The Kier molecular flexibility index (Phi) is 10.5. The molecule has 0 aromatic carbocycles. The standard InChI is InChI=1S/C15H28O5/c1-17-10-11-19-13-12-18-9-5-8-15(16)20-14-6-3-2-4-7-14/h14H,2-13H2,1H3. The van der Waals surface area contributed by atoms with Crippen molar-refractivity contribution in [3.8, 4) is 0 Å². The van der Waals surface area contributed by atoms with Gasteiger partial charge in [0.05, 0.1) is 26.4 Å². The molecule has 1 rings (SSSR count). The number of hydrogen-bond acceptors (Lipinski definition) is 5. The van der Waals surface area contributed by atoms with Crippen molar-refractivity contribution in [3.63, 3.8) is 0 Å². The van der Waals surface area contributed by atoms with Gasteiger partial charge in [0.1, 0.15) is 6.10 Å². The first-order valence-electron chi connectivity index (χ1n) is 7.67. The Labute approximate surface area is 121 Å². The molecule has 1 aliphatic carbocycles. The lowest BCUT2D eigenvalue weighted by Crippen LogP contribution is -2.21. The van der Waals surface area contributed by atoms with Crippen molar-refractivity contribution in [1.29, 1.82) is 0 Å². The maximum Gasteiger partial charge on any atom is 0.306 e. The molecule has 1 fully saturated rings. The van der Waals surface area contributed by atoms with Crippen LogP contribution in [0.5, 0.6) is 0 Å². The Bertz CT molecular complexity index is 238. The summed E-state index contributed by atoms with van der Waals surface area (Å²) in [4.78, 5) is 11.6. The summed E-state index contributed by atoms with van der Waals surface area (Å²) < 4.78 is 20.9. The van der Waals surface area contributed by atoms with Gasteiger partial charge in [0, 0.05) is 20.1 Å². The zero-order valence-electron chi connectivity index (χ0n) is 12.6. The van der Waals surface area contributed by atoms with Gasteiger partial charge in [-0.15, -0.1) is 0 Å². The Morgan fingerprint density at radius 3 is 2.30 bits per heavy atom. The number of methoxy groups -OCH3 is 1. The van der Waals surface area contributed by atoms with Crippen molar-refractivity contribution >= 4 is 5.97 Å². The van der Waals surface area contributed by atoms with E-state index in [0.29, 0.717) is 45.9 Å². The van der Waals surface area contributed by atoms with Gasteiger partial charge < -0.3 is 18.9 Å². The molecular formula is C15H28O5. The minimum Gasteiger partial charge on any atom is -0.462 e. The molecule has 0 N–H and O–H groups in total. The van der Waals surface area contributed by atoms with Gasteiger partial charge >= 0.3 is 5.97 Å². The predicted molar refractivity (Wildman–Crippen MR) is 75.7 cm³/mol. The summed E-state index contributed by atoms with van der Waals surface area (Å²) in [6.07, 6.45) is 7.02. The zero-order valence-corrected chi connectivity index (χ0v) is 12.6. The third kappa shape index (κ3) is 9.28. The van der Waals surface area contributed by atoms with Crippen molar-refractivity contribution in [2.75, 3.05) is 40.1 Å². The minimum atomic E-state index is -0.0863. The molecule has 0 aliphatic heterocycles. The Morgan fingerprint density at radius 1 is 0.950 bits per heavy atom. The number of ether oxygens (including phenoxy) is 4. The van der Waals surface area contributed by atoms with Gasteiger partial charge in [-0.1, -0.05) is 6.42 Å². The van der Waals surface area contributed by atoms with E-state index in [2.05, 4.69) is 0 Å². The maximum atomic E-state index is 11.6. The molecule has 0 bridgehead atoms. The second kappa shape index (κ2) is 12.1. The summed E-state index contributed by atoms with van der Waals surface area (Å²) in [5.74, 6) is -0.0863. The number of carbonyl (C=O) groups is 1. The highest BCUT2D eigenvalue weighted by Crippen LogP contribution is 2.20. The number of hydrogen-bond donors (Lipinski definition) is 0. The Hall–Kier alpha value is -0.650. The topological polar surface area (TPSA) is 54.0 Å². The highest BCUT2D eigenvalue weighted by atomic mass is 16.5. The monoisotopic (exact) mass is 288 g/mol. The van der Waals surface area contributed by atoms with Crippen LogP contribution in [0.4, 0.5) is 0 Å². The summed E-state index contributed by atoms with van der Waals surface area (Å²) in [6.45, 7) is 2.89. The molecule has 20 heavy (non-hydrogen) atoms. The van der Waals surface area contributed by atoms with Gasteiger partial charge in [0.2, 0.25) is 0 Å². The van der Waals surface area contributed by atoms with Gasteiger partial charge in [0.15, 0.2) is 0 Å². The molecule has 1 saturated carbocycles. The van der Waals surface area contributed by atoms with E-state index < -0.39 is 0 Å². The Morgan fingerprint density at radius 2 is 1.60 bits per heavy atom. The SMILES string of the molecule is COCCOCCOCCCC(=O)OC1CCCCC1. The van der Waals surface area contributed by atoms with Gasteiger partial charge in [-0.25, -0.2) is 0 Å². The molecule has 0 unspecified atom stereocenters. The van der Waals surface area contributed by atoms with Crippen LogP contribution in [0.2, 0.25) is 0 Å². The molecule has 0 atom stereocenters. The maximum absolute atomic E-state index is 11.6. The molecule has 118 valence electrons. The molecule has 0 saturated heterocycles. The van der Waals surface area contributed by atoms with Crippen LogP contribution in [0.25, 0.3) is 0 Å². The second-order valence-electron chi connectivity index (χ2n) is 5.07. The second-order valence-corrected chi connectivity index (χ2v) is 5.07. The van der Waals surface area contributed by atoms with Gasteiger partial charge in [0.25, 0.3) is 0 Å². The van der Waals surface area contributed by atoms with E-state index in [0.717, 1.165) is 12.8 Å². The lowest BCUT2D eigenvalue weighted by atomic mass is 9.98. The van der Waals surface area contributed by atoms with E-state index in [9.17, 15) is 4.79 Å². The average Bonchev–Trinajstić information content (AvgIpc) is 2.46. The van der Waals surface area contributed by atoms with E-state index in [4.69, 9.17) is 18.9 Å². The van der Waals surface area contributed by atoms with E-state index in [1.807, 2.05) is 0 Å². The van der Waals surface area contributed by atoms with Crippen molar-refractivity contribution in [2.45, 2.75) is 51.0 Å². The van der Waals surface area contributed by atoms with Crippen LogP contribution in [0.3, 0.4) is 0 Å². The van der Waals surface area contributed by atoms with E-state index in [-0.39, 0.29) is 12.1 Å². The first kappa shape index (κ1) is 17.4. The van der Waals surface area contributed by atoms with Gasteiger partial charge in [-0.2, -0.15) is 0 Å². The van der Waals surface area contributed by atoms with Gasteiger partial charge in [-0.3, -0.25) is 4.79 Å². The Balaban J connectivity index is 1.84. The summed E-state index contributed by atoms with van der Waals surface area (Å²) in [5, 5.41) is 0. The summed E-state index contributed by atoms with van der Waals surface area (Å²) in [6, 6.07) is 0. The first-order valence-corrected chi connectivity index (χ1v) is 7.67. The third-order valence-corrected chi connectivity index (χ3v) is 3.32. The fourth-order valence-electron chi connectivity index (χ4n) is 2.21. The molecule has 0 amide bonds. The molecule has 0 aromatic rings.